The van der Waals surface area contributed by atoms with Gasteiger partial charge in [0, 0.05) is 11.7 Å². The van der Waals surface area contributed by atoms with Gasteiger partial charge >= 0.3 is 5.97 Å². The molecule has 0 heterocycles. The molecule has 3 heteroatoms. The molecule has 2 rings (SSSR count). The van der Waals surface area contributed by atoms with Gasteiger partial charge in [-0.2, -0.15) is 0 Å². The van der Waals surface area contributed by atoms with Crippen molar-refractivity contribution in [2.75, 3.05) is 12.4 Å². The summed E-state index contributed by atoms with van der Waals surface area (Å²) >= 11 is 0. The van der Waals surface area contributed by atoms with Crippen molar-refractivity contribution in [1.29, 1.82) is 0 Å². The normalized spacial score (nSPS) is 26.8. The highest BCUT2D eigenvalue weighted by molar-refractivity contribution is 5.95. The fourth-order valence-corrected chi connectivity index (χ4v) is 2.88. The predicted octanol–water partition coefficient (Wildman–Crippen LogP) is 3.71. The molecule has 1 aromatic rings. The van der Waals surface area contributed by atoms with Crippen LogP contribution in [0.15, 0.2) is 24.3 Å². The standard InChI is InChI=1S/C16H23NO2/c1-11-7-6-10-14(12(11)2)17-15-9-5-4-8-13(15)16(18)19-3/h4-5,8-9,11-12,14,17H,6-7,10H2,1-3H3. The van der Waals surface area contributed by atoms with Crippen LogP contribution in [-0.2, 0) is 4.74 Å². The van der Waals surface area contributed by atoms with Gasteiger partial charge in [-0.3, -0.25) is 0 Å². The van der Waals surface area contributed by atoms with Gasteiger partial charge in [-0.15, -0.1) is 0 Å². The summed E-state index contributed by atoms with van der Waals surface area (Å²) in [6.07, 6.45) is 3.72. The van der Waals surface area contributed by atoms with E-state index in [1.165, 1.54) is 26.4 Å². The van der Waals surface area contributed by atoms with E-state index in [-0.39, 0.29) is 5.97 Å². The van der Waals surface area contributed by atoms with E-state index in [1.807, 2.05) is 24.3 Å². The van der Waals surface area contributed by atoms with Gasteiger partial charge in [0.25, 0.3) is 0 Å². The predicted molar refractivity (Wildman–Crippen MR) is 77.4 cm³/mol. The summed E-state index contributed by atoms with van der Waals surface area (Å²) < 4.78 is 4.84. The van der Waals surface area contributed by atoms with E-state index in [0.717, 1.165) is 11.6 Å². The second-order valence-corrected chi connectivity index (χ2v) is 5.56. The first-order chi connectivity index (χ1) is 9.13. The lowest BCUT2D eigenvalue weighted by molar-refractivity contribution is 0.0601. The van der Waals surface area contributed by atoms with Crippen LogP contribution in [0.5, 0.6) is 0 Å². The molecule has 0 saturated heterocycles. The van der Waals surface area contributed by atoms with E-state index in [0.29, 0.717) is 17.5 Å². The molecule has 3 atom stereocenters. The number of carbonyl (C=O) groups excluding carboxylic acids is 1. The van der Waals surface area contributed by atoms with Crippen LogP contribution in [-0.4, -0.2) is 19.1 Å². The fourth-order valence-electron chi connectivity index (χ4n) is 2.88. The van der Waals surface area contributed by atoms with Crippen molar-refractivity contribution in [3.63, 3.8) is 0 Å². The number of anilines is 1. The molecule has 1 saturated carbocycles. The van der Waals surface area contributed by atoms with Crippen LogP contribution in [0.4, 0.5) is 5.69 Å². The Bertz CT molecular complexity index is 444. The molecule has 1 aliphatic carbocycles. The Morgan fingerprint density at radius 1 is 1.26 bits per heavy atom. The van der Waals surface area contributed by atoms with Gasteiger partial charge in [-0.05, 0) is 30.4 Å². The lowest BCUT2D eigenvalue weighted by atomic mass is 9.78. The van der Waals surface area contributed by atoms with Gasteiger partial charge < -0.3 is 10.1 Å². The third-order valence-corrected chi connectivity index (χ3v) is 4.38. The van der Waals surface area contributed by atoms with Crippen molar-refractivity contribution in [1.82, 2.24) is 0 Å². The van der Waals surface area contributed by atoms with E-state index in [9.17, 15) is 4.79 Å². The van der Waals surface area contributed by atoms with E-state index < -0.39 is 0 Å². The van der Waals surface area contributed by atoms with Crippen molar-refractivity contribution in [3.05, 3.63) is 29.8 Å². The zero-order valence-electron chi connectivity index (χ0n) is 12.0. The van der Waals surface area contributed by atoms with Crippen LogP contribution < -0.4 is 5.32 Å². The maximum Gasteiger partial charge on any atom is 0.339 e. The maximum absolute atomic E-state index is 11.8. The van der Waals surface area contributed by atoms with Gasteiger partial charge in [0.1, 0.15) is 0 Å². The molecule has 0 aromatic heterocycles. The summed E-state index contributed by atoms with van der Waals surface area (Å²) in [5.41, 5.74) is 1.51. The Morgan fingerprint density at radius 2 is 2.00 bits per heavy atom. The van der Waals surface area contributed by atoms with Gasteiger partial charge in [-0.25, -0.2) is 4.79 Å². The van der Waals surface area contributed by atoms with Gasteiger partial charge in [0.2, 0.25) is 0 Å². The van der Waals surface area contributed by atoms with Gasteiger partial charge in [0.05, 0.1) is 12.7 Å². The lowest BCUT2D eigenvalue weighted by Gasteiger charge is -2.35. The number of nitrogens with one attached hydrogen (secondary N) is 1. The molecule has 0 amide bonds. The summed E-state index contributed by atoms with van der Waals surface area (Å²) in [4.78, 5) is 11.8. The third-order valence-electron chi connectivity index (χ3n) is 4.38. The Kier molecular flexibility index (Phi) is 4.46. The molecule has 104 valence electrons. The smallest absolute Gasteiger partial charge is 0.339 e. The van der Waals surface area contributed by atoms with Crippen molar-refractivity contribution >= 4 is 11.7 Å². The Labute approximate surface area is 115 Å². The molecule has 3 unspecified atom stereocenters. The number of para-hydroxylation sites is 1. The number of ether oxygens (including phenoxy) is 1. The highest BCUT2D eigenvalue weighted by atomic mass is 16.5. The molecular formula is C16H23NO2. The third kappa shape index (κ3) is 3.09. The molecule has 1 aliphatic rings. The van der Waals surface area contributed by atoms with Gasteiger partial charge in [-0.1, -0.05) is 38.8 Å². The highest BCUT2D eigenvalue weighted by Gasteiger charge is 2.27. The van der Waals surface area contributed by atoms with Crippen LogP contribution in [0.25, 0.3) is 0 Å². The number of methoxy groups -OCH3 is 1. The Morgan fingerprint density at radius 3 is 2.74 bits per heavy atom. The van der Waals surface area contributed by atoms with Crippen LogP contribution in [0.3, 0.4) is 0 Å². The van der Waals surface area contributed by atoms with Crippen molar-refractivity contribution in [2.45, 2.75) is 39.2 Å². The minimum absolute atomic E-state index is 0.278. The average molecular weight is 261 g/mol. The van der Waals surface area contributed by atoms with Crippen molar-refractivity contribution < 1.29 is 9.53 Å². The van der Waals surface area contributed by atoms with Gasteiger partial charge in [0.15, 0.2) is 0 Å². The molecule has 0 radical (unpaired) electrons. The molecule has 0 spiro atoms. The monoisotopic (exact) mass is 261 g/mol. The number of rotatable bonds is 3. The summed E-state index contributed by atoms with van der Waals surface area (Å²) in [5.74, 6) is 1.08. The maximum atomic E-state index is 11.8. The Balaban J connectivity index is 2.16. The fraction of sp³-hybridized carbons (Fsp3) is 0.562. The first-order valence-corrected chi connectivity index (χ1v) is 7.07. The molecule has 0 aliphatic heterocycles. The van der Waals surface area contributed by atoms with Crippen LogP contribution in [0, 0.1) is 11.8 Å². The number of hydrogen-bond donors (Lipinski definition) is 1. The number of benzene rings is 1. The minimum Gasteiger partial charge on any atom is -0.465 e. The largest absolute Gasteiger partial charge is 0.465 e. The first-order valence-electron chi connectivity index (χ1n) is 7.07. The van der Waals surface area contributed by atoms with E-state index in [1.54, 1.807) is 0 Å². The zero-order chi connectivity index (χ0) is 13.8. The van der Waals surface area contributed by atoms with Crippen LogP contribution >= 0.6 is 0 Å². The molecule has 1 aromatic carbocycles. The molecule has 3 nitrogen and oxygen atoms in total. The molecular weight excluding hydrogens is 238 g/mol. The van der Waals surface area contributed by atoms with Crippen molar-refractivity contribution in [3.8, 4) is 0 Å². The summed E-state index contributed by atoms with van der Waals surface area (Å²) in [6.45, 7) is 4.60. The van der Waals surface area contributed by atoms with E-state index >= 15 is 0 Å². The lowest BCUT2D eigenvalue weighted by Crippen LogP contribution is -2.35. The summed E-state index contributed by atoms with van der Waals surface area (Å²) in [7, 11) is 1.42. The van der Waals surface area contributed by atoms with Crippen molar-refractivity contribution in [2.24, 2.45) is 11.8 Å². The highest BCUT2D eigenvalue weighted by Crippen LogP contribution is 2.32. The minimum atomic E-state index is -0.278. The van der Waals surface area contributed by atoms with Crippen LogP contribution in [0.2, 0.25) is 0 Å². The molecule has 19 heavy (non-hydrogen) atoms. The number of esters is 1. The Hall–Kier alpha value is -1.51. The van der Waals surface area contributed by atoms with E-state index in [2.05, 4.69) is 19.2 Å². The second-order valence-electron chi connectivity index (χ2n) is 5.56. The summed E-state index contributed by atoms with van der Waals surface area (Å²) in [5, 5.41) is 3.54. The molecule has 0 bridgehead atoms. The van der Waals surface area contributed by atoms with Crippen LogP contribution in [0.1, 0.15) is 43.5 Å². The zero-order valence-corrected chi connectivity index (χ0v) is 12.0. The number of hydrogen-bond acceptors (Lipinski definition) is 3. The second kappa shape index (κ2) is 6.09. The number of carbonyl (C=O) groups is 1. The quantitative estimate of drug-likeness (QED) is 0.843. The SMILES string of the molecule is COC(=O)c1ccccc1NC1CCCC(C)C1C. The topological polar surface area (TPSA) is 38.3 Å². The van der Waals surface area contributed by atoms with E-state index in [4.69, 9.17) is 4.74 Å². The molecule has 1 fully saturated rings. The first kappa shape index (κ1) is 13.9. The molecule has 1 N–H and O–H groups in total. The average Bonchev–Trinajstić information content (AvgIpc) is 2.43. The summed E-state index contributed by atoms with van der Waals surface area (Å²) in [6, 6.07) is 8.02.